The molecule has 4 nitrogen and oxygen atoms in total. The molecule has 0 aliphatic carbocycles. The van der Waals surface area contributed by atoms with Gasteiger partial charge in [-0.15, -0.1) is 0 Å². The molecule has 94 valence electrons. The SMILES string of the molecule is O=S(=O)(O)CCCSC(=S)Nc1ccccc1. The molecule has 1 aromatic carbocycles. The summed E-state index contributed by atoms with van der Waals surface area (Å²) in [5, 5.41) is 3.02. The van der Waals surface area contributed by atoms with Gasteiger partial charge >= 0.3 is 0 Å². The Morgan fingerprint density at radius 1 is 1.35 bits per heavy atom. The first-order chi connectivity index (χ1) is 7.97. The molecule has 0 atom stereocenters. The van der Waals surface area contributed by atoms with Gasteiger partial charge in [0.1, 0.15) is 4.32 Å². The number of benzene rings is 1. The Labute approximate surface area is 111 Å². The third kappa shape index (κ3) is 7.32. The van der Waals surface area contributed by atoms with Crippen LogP contribution in [-0.2, 0) is 10.1 Å². The van der Waals surface area contributed by atoms with Crippen LogP contribution >= 0.6 is 24.0 Å². The fourth-order valence-corrected chi connectivity index (χ4v) is 2.81. The van der Waals surface area contributed by atoms with Crippen LogP contribution in [0.2, 0.25) is 0 Å². The van der Waals surface area contributed by atoms with Crippen molar-refractivity contribution < 1.29 is 13.0 Å². The predicted molar refractivity (Wildman–Crippen MR) is 76.2 cm³/mol. The summed E-state index contributed by atoms with van der Waals surface area (Å²) in [5.41, 5.74) is 0.903. The number of para-hydroxylation sites is 1. The molecule has 0 radical (unpaired) electrons. The zero-order chi connectivity index (χ0) is 12.7. The van der Waals surface area contributed by atoms with Crippen molar-refractivity contribution in [2.45, 2.75) is 6.42 Å². The van der Waals surface area contributed by atoms with Crippen molar-refractivity contribution >= 4 is 44.1 Å². The van der Waals surface area contributed by atoms with E-state index in [9.17, 15) is 8.42 Å². The third-order valence-corrected chi connectivity index (χ3v) is 3.92. The Morgan fingerprint density at radius 2 is 2.00 bits per heavy atom. The van der Waals surface area contributed by atoms with Crippen molar-refractivity contribution in [2.24, 2.45) is 0 Å². The highest BCUT2D eigenvalue weighted by molar-refractivity contribution is 8.23. The first-order valence-corrected chi connectivity index (χ1v) is 7.92. The maximum absolute atomic E-state index is 10.5. The first-order valence-electron chi connectivity index (χ1n) is 4.91. The summed E-state index contributed by atoms with van der Waals surface area (Å²) in [6.07, 6.45) is 0.375. The van der Waals surface area contributed by atoms with Crippen molar-refractivity contribution in [1.29, 1.82) is 0 Å². The van der Waals surface area contributed by atoms with Gasteiger partial charge in [-0.2, -0.15) is 8.42 Å². The minimum Gasteiger partial charge on any atom is -0.341 e. The van der Waals surface area contributed by atoms with Gasteiger partial charge in [-0.3, -0.25) is 4.55 Å². The second-order valence-corrected chi connectivity index (χ2v) is 6.61. The molecular weight excluding hydrogens is 278 g/mol. The van der Waals surface area contributed by atoms with Gasteiger partial charge in [0.2, 0.25) is 0 Å². The van der Waals surface area contributed by atoms with Gasteiger partial charge in [-0.05, 0) is 18.6 Å². The summed E-state index contributed by atoms with van der Waals surface area (Å²) in [7, 11) is -3.86. The monoisotopic (exact) mass is 291 g/mol. The molecule has 0 aliphatic heterocycles. The third-order valence-electron chi connectivity index (χ3n) is 1.80. The average Bonchev–Trinajstić information content (AvgIpc) is 2.25. The summed E-state index contributed by atoms with van der Waals surface area (Å²) >= 11 is 6.44. The van der Waals surface area contributed by atoms with Crippen LogP contribution in [0, 0.1) is 0 Å². The summed E-state index contributed by atoms with van der Waals surface area (Å²) in [5.74, 6) is 0.326. The average molecular weight is 291 g/mol. The molecule has 0 aromatic heterocycles. The molecule has 0 fully saturated rings. The quantitative estimate of drug-likeness (QED) is 0.493. The van der Waals surface area contributed by atoms with Gasteiger partial charge in [0.15, 0.2) is 0 Å². The van der Waals surface area contributed by atoms with Gasteiger partial charge in [0.25, 0.3) is 10.1 Å². The van der Waals surface area contributed by atoms with Crippen LogP contribution in [-0.4, -0.2) is 28.8 Å². The van der Waals surface area contributed by atoms with Crippen molar-refractivity contribution in [3.63, 3.8) is 0 Å². The highest BCUT2D eigenvalue weighted by Gasteiger charge is 2.04. The van der Waals surface area contributed by atoms with Crippen LogP contribution in [0.5, 0.6) is 0 Å². The summed E-state index contributed by atoms with van der Waals surface area (Å²) in [6.45, 7) is 0. The highest BCUT2D eigenvalue weighted by atomic mass is 32.2. The minimum atomic E-state index is -3.86. The molecular formula is C10H13NO3S3. The van der Waals surface area contributed by atoms with Gasteiger partial charge in [-0.25, -0.2) is 0 Å². The van der Waals surface area contributed by atoms with E-state index in [-0.39, 0.29) is 5.75 Å². The van der Waals surface area contributed by atoms with E-state index < -0.39 is 10.1 Å². The minimum absolute atomic E-state index is 0.228. The largest absolute Gasteiger partial charge is 0.341 e. The molecule has 0 unspecified atom stereocenters. The van der Waals surface area contributed by atoms with Crippen molar-refractivity contribution in [3.05, 3.63) is 30.3 Å². The summed E-state index contributed by atoms with van der Waals surface area (Å²) < 4.78 is 30.1. The van der Waals surface area contributed by atoms with E-state index in [1.165, 1.54) is 11.8 Å². The topological polar surface area (TPSA) is 66.4 Å². The van der Waals surface area contributed by atoms with E-state index in [2.05, 4.69) is 5.32 Å². The zero-order valence-electron chi connectivity index (χ0n) is 9.00. The molecule has 0 saturated heterocycles. The Hall–Kier alpha value is -0.630. The van der Waals surface area contributed by atoms with E-state index in [0.717, 1.165) is 5.69 Å². The number of nitrogens with one attached hydrogen (secondary N) is 1. The molecule has 2 N–H and O–H groups in total. The second kappa shape index (κ2) is 6.95. The Kier molecular flexibility index (Phi) is 5.90. The van der Waals surface area contributed by atoms with Gasteiger partial charge in [-0.1, -0.05) is 42.2 Å². The molecule has 0 saturated carbocycles. The first kappa shape index (κ1) is 14.4. The number of thiocarbonyl (C=S) groups is 1. The number of hydrogen-bond donors (Lipinski definition) is 2. The Balaban J connectivity index is 2.23. The van der Waals surface area contributed by atoms with Gasteiger partial charge in [0, 0.05) is 11.4 Å². The van der Waals surface area contributed by atoms with Crippen LogP contribution < -0.4 is 5.32 Å². The van der Waals surface area contributed by atoms with Gasteiger partial charge < -0.3 is 5.32 Å². The normalized spacial score (nSPS) is 11.1. The zero-order valence-corrected chi connectivity index (χ0v) is 11.4. The number of thioether (sulfide) groups is 1. The highest BCUT2D eigenvalue weighted by Crippen LogP contribution is 2.12. The standard InChI is InChI=1S/C10H13NO3S3/c12-17(13,14)8-4-7-16-10(15)11-9-5-2-1-3-6-9/h1-3,5-6H,4,7-8H2,(H,11,15)(H,12,13,14). The van der Waals surface area contributed by atoms with Crippen LogP contribution in [0.1, 0.15) is 6.42 Å². The lowest BCUT2D eigenvalue weighted by atomic mass is 10.3. The van der Waals surface area contributed by atoms with E-state index in [1.54, 1.807) is 0 Å². The fraction of sp³-hybridized carbons (Fsp3) is 0.300. The molecule has 1 aromatic rings. The maximum Gasteiger partial charge on any atom is 0.264 e. The lowest BCUT2D eigenvalue weighted by Gasteiger charge is -2.06. The van der Waals surface area contributed by atoms with Crippen LogP contribution in [0.4, 0.5) is 5.69 Å². The summed E-state index contributed by atoms with van der Waals surface area (Å²) in [6, 6.07) is 9.49. The second-order valence-electron chi connectivity index (χ2n) is 3.27. The molecule has 0 bridgehead atoms. The molecule has 0 spiro atoms. The predicted octanol–water partition coefficient (Wildman–Crippen LogP) is 2.39. The number of hydrogen-bond acceptors (Lipinski definition) is 4. The summed E-state index contributed by atoms with van der Waals surface area (Å²) in [4.78, 5) is 0. The molecule has 1 rings (SSSR count). The lowest BCUT2D eigenvalue weighted by Crippen LogP contribution is -2.08. The number of anilines is 1. The molecule has 0 aliphatic rings. The van der Waals surface area contributed by atoms with Crippen LogP contribution in [0.15, 0.2) is 30.3 Å². The molecule has 17 heavy (non-hydrogen) atoms. The molecule has 0 amide bonds. The van der Waals surface area contributed by atoms with E-state index >= 15 is 0 Å². The van der Waals surface area contributed by atoms with E-state index in [1.807, 2.05) is 30.3 Å². The molecule has 7 heteroatoms. The Morgan fingerprint density at radius 3 is 2.59 bits per heavy atom. The van der Waals surface area contributed by atoms with Crippen molar-refractivity contribution in [2.75, 3.05) is 16.8 Å². The maximum atomic E-state index is 10.5. The fourth-order valence-electron chi connectivity index (χ4n) is 1.08. The van der Waals surface area contributed by atoms with Crippen LogP contribution in [0.3, 0.4) is 0 Å². The van der Waals surface area contributed by atoms with E-state index in [4.69, 9.17) is 16.8 Å². The number of rotatable bonds is 5. The Bertz CT molecular complexity index is 459. The van der Waals surface area contributed by atoms with E-state index in [0.29, 0.717) is 16.5 Å². The molecule has 0 heterocycles. The van der Waals surface area contributed by atoms with Crippen molar-refractivity contribution in [3.8, 4) is 0 Å². The van der Waals surface area contributed by atoms with Crippen molar-refractivity contribution in [1.82, 2.24) is 0 Å². The lowest BCUT2D eigenvalue weighted by molar-refractivity contribution is 0.482. The smallest absolute Gasteiger partial charge is 0.264 e. The van der Waals surface area contributed by atoms with Gasteiger partial charge in [0.05, 0.1) is 5.75 Å². The van der Waals surface area contributed by atoms with Crippen LogP contribution in [0.25, 0.3) is 0 Å².